The van der Waals surface area contributed by atoms with Crippen molar-refractivity contribution in [3.05, 3.63) is 63.9 Å². The van der Waals surface area contributed by atoms with E-state index in [1.165, 1.54) is 31.4 Å². The lowest BCUT2D eigenvalue weighted by Gasteiger charge is -2.04. The first-order chi connectivity index (χ1) is 9.52. The molecule has 0 spiro atoms. The molecule has 0 unspecified atom stereocenters. The SMILES string of the molecule is COc1cccc(C(=O)C(=O)c2ccc(F)c(Br)c2)c1. The maximum Gasteiger partial charge on any atom is 0.233 e. The fourth-order valence-corrected chi connectivity index (χ4v) is 2.04. The molecule has 0 atom stereocenters. The highest BCUT2D eigenvalue weighted by Crippen LogP contribution is 2.19. The van der Waals surface area contributed by atoms with Crippen molar-refractivity contribution in [3.63, 3.8) is 0 Å². The van der Waals surface area contributed by atoms with Crippen LogP contribution in [0.4, 0.5) is 4.39 Å². The molecule has 0 aliphatic carbocycles. The van der Waals surface area contributed by atoms with Crippen LogP contribution < -0.4 is 4.74 Å². The standard InChI is InChI=1S/C15H10BrFO3/c1-20-11-4-2-3-9(7-11)14(18)15(19)10-5-6-13(17)12(16)8-10/h2-8H,1H3. The highest BCUT2D eigenvalue weighted by molar-refractivity contribution is 9.10. The second-order valence-corrected chi connectivity index (χ2v) is 4.87. The normalized spacial score (nSPS) is 10.2. The molecule has 2 aromatic carbocycles. The number of carbonyl (C=O) groups is 2. The van der Waals surface area contributed by atoms with Crippen LogP contribution in [0.5, 0.6) is 5.75 Å². The number of benzene rings is 2. The number of Topliss-reactive ketones (excluding diaryl/α,β-unsaturated/α-hetero) is 2. The fraction of sp³-hybridized carbons (Fsp3) is 0.0667. The van der Waals surface area contributed by atoms with E-state index in [9.17, 15) is 14.0 Å². The predicted molar refractivity (Wildman–Crippen MR) is 75.8 cm³/mol. The highest BCUT2D eigenvalue weighted by atomic mass is 79.9. The van der Waals surface area contributed by atoms with Crippen LogP contribution in [0.3, 0.4) is 0 Å². The van der Waals surface area contributed by atoms with Gasteiger partial charge in [-0.3, -0.25) is 9.59 Å². The molecule has 0 saturated carbocycles. The first kappa shape index (κ1) is 14.4. The van der Waals surface area contributed by atoms with Crippen molar-refractivity contribution in [2.45, 2.75) is 0 Å². The molecule has 0 fully saturated rings. The van der Waals surface area contributed by atoms with E-state index in [0.717, 1.165) is 6.07 Å². The van der Waals surface area contributed by atoms with Gasteiger partial charge in [0, 0.05) is 11.1 Å². The maximum absolute atomic E-state index is 13.1. The van der Waals surface area contributed by atoms with Crippen LogP contribution in [0, 0.1) is 5.82 Å². The van der Waals surface area contributed by atoms with Gasteiger partial charge in [-0.05, 0) is 46.3 Å². The van der Waals surface area contributed by atoms with E-state index in [-0.39, 0.29) is 15.6 Å². The third kappa shape index (κ3) is 2.93. The van der Waals surface area contributed by atoms with Gasteiger partial charge in [-0.15, -0.1) is 0 Å². The lowest BCUT2D eigenvalue weighted by atomic mass is 10.0. The fourth-order valence-electron chi connectivity index (χ4n) is 1.66. The van der Waals surface area contributed by atoms with Gasteiger partial charge in [0.2, 0.25) is 11.6 Å². The molecular weight excluding hydrogens is 327 g/mol. The minimum atomic E-state index is -0.695. The summed E-state index contributed by atoms with van der Waals surface area (Å²) >= 11 is 2.98. The average molecular weight is 337 g/mol. The van der Waals surface area contributed by atoms with Crippen LogP contribution in [-0.2, 0) is 0 Å². The van der Waals surface area contributed by atoms with Gasteiger partial charge in [0.15, 0.2) is 0 Å². The Hall–Kier alpha value is -2.01. The predicted octanol–water partition coefficient (Wildman–Crippen LogP) is 3.66. The quantitative estimate of drug-likeness (QED) is 0.632. The van der Waals surface area contributed by atoms with Crippen LogP contribution in [0.2, 0.25) is 0 Å². The van der Waals surface area contributed by atoms with Crippen molar-refractivity contribution >= 4 is 27.5 Å². The lowest BCUT2D eigenvalue weighted by molar-refractivity contribution is 0.0816. The Morgan fingerprint density at radius 1 is 1.05 bits per heavy atom. The van der Waals surface area contributed by atoms with Crippen LogP contribution in [0.1, 0.15) is 20.7 Å². The van der Waals surface area contributed by atoms with Gasteiger partial charge < -0.3 is 4.74 Å². The van der Waals surface area contributed by atoms with E-state index in [2.05, 4.69) is 15.9 Å². The first-order valence-corrected chi connectivity index (χ1v) is 6.50. The third-order valence-corrected chi connectivity index (χ3v) is 3.33. The van der Waals surface area contributed by atoms with Gasteiger partial charge in [0.05, 0.1) is 11.6 Å². The van der Waals surface area contributed by atoms with E-state index >= 15 is 0 Å². The molecule has 5 heteroatoms. The molecule has 0 aliphatic rings. The molecule has 0 bridgehead atoms. The number of ether oxygens (including phenoxy) is 1. The van der Waals surface area contributed by atoms with Crippen molar-refractivity contribution < 1.29 is 18.7 Å². The third-order valence-electron chi connectivity index (χ3n) is 2.72. The average Bonchev–Trinajstić information content (AvgIpc) is 2.48. The molecule has 3 nitrogen and oxygen atoms in total. The smallest absolute Gasteiger partial charge is 0.233 e. The zero-order valence-corrected chi connectivity index (χ0v) is 12.1. The van der Waals surface area contributed by atoms with E-state index in [0.29, 0.717) is 5.75 Å². The molecule has 102 valence electrons. The molecule has 0 heterocycles. The lowest BCUT2D eigenvalue weighted by Crippen LogP contribution is -2.14. The minimum Gasteiger partial charge on any atom is -0.497 e. The van der Waals surface area contributed by atoms with Gasteiger partial charge >= 0.3 is 0 Å². The number of rotatable bonds is 4. The van der Waals surface area contributed by atoms with E-state index in [1.54, 1.807) is 12.1 Å². The molecule has 2 rings (SSSR count). The van der Waals surface area contributed by atoms with Gasteiger partial charge in [-0.2, -0.15) is 0 Å². The van der Waals surface area contributed by atoms with Gasteiger partial charge in [-0.25, -0.2) is 4.39 Å². The summed E-state index contributed by atoms with van der Waals surface area (Å²) < 4.78 is 18.3. The molecular formula is C15H10BrFO3. The monoisotopic (exact) mass is 336 g/mol. The summed E-state index contributed by atoms with van der Waals surface area (Å²) in [7, 11) is 1.47. The first-order valence-electron chi connectivity index (χ1n) is 5.71. The Morgan fingerprint density at radius 3 is 2.30 bits per heavy atom. The summed E-state index contributed by atoms with van der Waals surface area (Å²) in [6, 6.07) is 10.0. The topological polar surface area (TPSA) is 43.4 Å². The molecule has 0 radical (unpaired) electrons. The second kappa shape index (κ2) is 5.96. The molecule has 0 aromatic heterocycles. The number of hydrogen-bond donors (Lipinski definition) is 0. The van der Waals surface area contributed by atoms with Gasteiger partial charge in [0.25, 0.3) is 0 Å². The van der Waals surface area contributed by atoms with E-state index in [4.69, 9.17) is 4.74 Å². The number of halogens is 2. The summed E-state index contributed by atoms with van der Waals surface area (Å²) in [5, 5.41) is 0. The molecule has 0 aliphatic heterocycles. The largest absolute Gasteiger partial charge is 0.497 e. The second-order valence-electron chi connectivity index (χ2n) is 4.02. The summed E-state index contributed by atoms with van der Waals surface area (Å²) in [5.41, 5.74) is 0.362. The molecule has 2 aromatic rings. The van der Waals surface area contributed by atoms with Crippen molar-refractivity contribution in [1.82, 2.24) is 0 Å². The maximum atomic E-state index is 13.1. The molecule has 0 amide bonds. The Bertz CT molecular complexity index is 683. The van der Waals surface area contributed by atoms with Crippen LogP contribution in [-0.4, -0.2) is 18.7 Å². The van der Waals surface area contributed by atoms with Crippen LogP contribution in [0.25, 0.3) is 0 Å². The number of carbonyl (C=O) groups excluding carboxylic acids is 2. The highest BCUT2D eigenvalue weighted by Gasteiger charge is 2.19. The number of ketones is 2. The Morgan fingerprint density at radius 2 is 1.70 bits per heavy atom. The summed E-state index contributed by atoms with van der Waals surface area (Å²) in [5.74, 6) is -1.36. The van der Waals surface area contributed by atoms with Gasteiger partial charge in [-0.1, -0.05) is 12.1 Å². The molecule has 20 heavy (non-hydrogen) atoms. The molecule has 0 N–H and O–H groups in total. The van der Waals surface area contributed by atoms with Crippen molar-refractivity contribution in [2.24, 2.45) is 0 Å². The van der Waals surface area contributed by atoms with E-state index < -0.39 is 17.4 Å². The summed E-state index contributed by atoms with van der Waals surface area (Å²) in [6.45, 7) is 0. The Labute approximate surface area is 123 Å². The number of hydrogen-bond acceptors (Lipinski definition) is 3. The van der Waals surface area contributed by atoms with Crippen LogP contribution in [0.15, 0.2) is 46.9 Å². The van der Waals surface area contributed by atoms with Crippen LogP contribution >= 0.6 is 15.9 Å². The minimum absolute atomic E-state index is 0.131. The zero-order chi connectivity index (χ0) is 14.7. The number of methoxy groups -OCH3 is 1. The van der Waals surface area contributed by atoms with Gasteiger partial charge in [0.1, 0.15) is 11.6 Å². The van der Waals surface area contributed by atoms with Crippen molar-refractivity contribution in [3.8, 4) is 5.75 Å². The van der Waals surface area contributed by atoms with Crippen molar-refractivity contribution in [2.75, 3.05) is 7.11 Å². The Kier molecular flexibility index (Phi) is 4.29. The zero-order valence-electron chi connectivity index (χ0n) is 10.5. The summed E-state index contributed by atoms with van der Waals surface area (Å²) in [4.78, 5) is 24.2. The summed E-state index contributed by atoms with van der Waals surface area (Å²) in [6.07, 6.45) is 0. The Balaban J connectivity index is 2.32. The van der Waals surface area contributed by atoms with E-state index in [1.807, 2.05) is 0 Å². The molecule has 0 saturated heterocycles. The van der Waals surface area contributed by atoms with Crippen molar-refractivity contribution in [1.29, 1.82) is 0 Å².